The lowest BCUT2D eigenvalue weighted by Gasteiger charge is -2.06. The van der Waals surface area contributed by atoms with Crippen molar-refractivity contribution < 1.29 is 0 Å². The minimum absolute atomic E-state index is 0.952. The average molecular weight is 439 g/mol. The number of aromatic nitrogens is 3. The summed E-state index contributed by atoms with van der Waals surface area (Å²) >= 11 is 1.83. The van der Waals surface area contributed by atoms with E-state index in [9.17, 15) is 0 Å². The van der Waals surface area contributed by atoms with Crippen LogP contribution in [0, 0.1) is 0 Å². The largest absolute Gasteiger partial charge is 0.344 e. The van der Waals surface area contributed by atoms with Crippen LogP contribution in [0.1, 0.15) is 30.8 Å². The molecule has 5 rings (SSSR count). The second-order valence-electron chi connectivity index (χ2n) is 7.97. The van der Waals surface area contributed by atoms with Gasteiger partial charge in [0.15, 0.2) is 0 Å². The molecular weight excluding hydrogens is 412 g/mol. The third-order valence-electron chi connectivity index (χ3n) is 5.72. The Hall–Kier alpha value is -3.28. The summed E-state index contributed by atoms with van der Waals surface area (Å²) in [5.74, 6) is 0. The van der Waals surface area contributed by atoms with Crippen LogP contribution in [-0.2, 0) is 0 Å². The summed E-state index contributed by atoms with van der Waals surface area (Å²) in [5.41, 5.74) is 7.82. The van der Waals surface area contributed by atoms with Gasteiger partial charge in [0.25, 0.3) is 0 Å². The number of allylic oxidation sites excluding steroid dienone is 4. The normalized spacial score (nSPS) is 14.6. The van der Waals surface area contributed by atoms with Gasteiger partial charge in [0.05, 0.1) is 23.2 Å². The van der Waals surface area contributed by atoms with Gasteiger partial charge >= 0.3 is 0 Å². The molecule has 1 aliphatic rings. The van der Waals surface area contributed by atoms with Crippen molar-refractivity contribution in [2.24, 2.45) is 0 Å². The van der Waals surface area contributed by atoms with Crippen LogP contribution in [0.5, 0.6) is 0 Å². The number of imidazole rings is 1. The number of thiophene rings is 1. The summed E-state index contributed by atoms with van der Waals surface area (Å²) in [6.07, 6.45) is 13.4. The minimum atomic E-state index is 0.952. The van der Waals surface area contributed by atoms with Crippen LogP contribution in [0.2, 0.25) is 0 Å². The fourth-order valence-electron chi connectivity index (χ4n) is 3.99. The number of rotatable bonds is 6. The van der Waals surface area contributed by atoms with Crippen LogP contribution in [-0.4, -0.2) is 28.0 Å². The van der Waals surface area contributed by atoms with Gasteiger partial charge in [0.1, 0.15) is 0 Å². The van der Waals surface area contributed by atoms with E-state index >= 15 is 0 Å². The van der Waals surface area contributed by atoms with Gasteiger partial charge in [-0.1, -0.05) is 37.3 Å². The van der Waals surface area contributed by atoms with Crippen LogP contribution in [0.3, 0.4) is 0 Å². The summed E-state index contributed by atoms with van der Waals surface area (Å²) in [4.78, 5) is 15.2. The Kier molecular flexibility index (Phi) is 5.84. The predicted octanol–water partition coefficient (Wildman–Crippen LogP) is 6.71. The summed E-state index contributed by atoms with van der Waals surface area (Å²) in [5, 5.41) is 4.51. The Morgan fingerprint density at radius 3 is 2.81 bits per heavy atom. The van der Waals surface area contributed by atoms with E-state index in [1.54, 1.807) is 6.33 Å². The van der Waals surface area contributed by atoms with Crippen molar-refractivity contribution in [2.75, 3.05) is 13.1 Å². The number of hydrogen-bond acceptors (Lipinski definition) is 4. The zero-order valence-electron chi connectivity index (χ0n) is 18.4. The molecule has 32 heavy (non-hydrogen) atoms. The van der Waals surface area contributed by atoms with E-state index in [1.807, 2.05) is 17.5 Å². The first-order valence-electron chi connectivity index (χ1n) is 11.0. The highest BCUT2D eigenvalue weighted by molar-refractivity contribution is 7.16. The number of pyridine rings is 1. The second kappa shape index (κ2) is 9.07. The molecule has 4 aromatic rings. The first kappa shape index (κ1) is 20.6. The molecule has 0 radical (unpaired) electrons. The highest BCUT2D eigenvalue weighted by atomic mass is 32.1. The number of fused-ring (bicyclic) bond motifs is 1. The van der Waals surface area contributed by atoms with E-state index < -0.39 is 0 Å². The molecule has 0 unspecified atom stereocenters. The molecule has 0 fully saturated rings. The molecule has 0 aliphatic carbocycles. The molecule has 0 saturated carbocycles. The average Bonchev–Trinajstić information content (AvgIpc) is 3.59. The lowest BCUT2D eigenvalue weighted by molar-refractivity contribution is 0.898. The molecule has 1 aromatic carbocycles. The molecule has 2 N–H and O–H groups in total. The van der Waals surface area contributed by atoms with Crippen molar-refractivity contribution in [3.8, 4) is 21.7 Å². The van der Waals surface area contributed by atoms with Gasteiger partial charge < -0.3 is 10.3 Å². The predicted molar refractivity (Wildman–Crippen MR) is 137 cm³/mol. The standard InChI is InChI=1S/C27H26N4S/c1-3-4-5-6-18(2)26-27(31-17-30-26)19-7-8-23-21(13-19)14-22(16-29-23)25-10-9-24(32-25)20-11-12-28-15-20/h4-11,13-14,16-17,28H,3,12,15H2,1-2H3,(H,30,31)/b5-4-,18-6+. The number of H-pyrrole nitrogens is 1. The molecule has 3 aromatic heterocycles. The zero-order valence-corrected chi connectivity index (χ0v) is 19.2. The molecule has 0 saturated heterocycles. The number of hydrogen-bond donors (Lipinski definition) is 2. The first-order valence-corrected chi connectivity index (χ1v) is 11.8. The maximum Gasteiger partial charge on any atom is 0.0932 e. The number of aromatic amines is 1. The molecule has 1 aliphatic heterocycles. The highest BCUT2D eigenvalue weighted by Gasteiger charge is 2.13. The van der Waals surface area contributed by atoms with E-state index in [-0.39, 0.29) is 0 Å². The fourth-order valence-corrected chi connectivity index (χ4v) is 5.02. The van der Waals surface area contributed by atoms with Crippen molar-refractivity contribution in [3.63, 3.8) is 0 Å². The quantitative estimate of drug-likeness (QED) is 0.329. The molecule has 5 heteroatoms. The van der Waals surface area contributed by atoms with E-state index in [2.05, 4.69) is 89.8 Å². The lowest BCUT2D eigenvalue weighted by Crippen LogP contribution is -2.07. The molecule has 0 atom stereocenters. The summed E-state index contributed by atoms with van der Waals surface area (Å²) < 4.78 is 0. The van der Waals surface area contributed by atoms with Crippen LogP contribution in [0.25, 0.3) is 43.7 Å². The van der Waals surface area contributed by atoms with Gasteiger partial charge in [0.2, 0.25) is 0 Å². The summed E-state index contributed by atoms with van der Waals surface area (Å²) in [7, 11) is 0. The van der Waals surface area contributed by atoms with Crippen LogP contribution in [0.15, 0.2) is 73.2 Å². The van der Waals surface area contributed by atoms with Crippen LogP contribution < -0.4 is 5.32 Å². The monoisotopic (exact) mass is 438 g/mol. The van der Waals surface area contributed by atoms with E-state index in [1.165, 1.54) is 15.3 Å². The Morgan fingerprint density at radius 1 is 1.09 bits per heavy atom. The van der Waals surface area contributed by atoms with Gasteiger partial charge in [-0.15, -0.1) is 11.3 Å². The smallest absolute Gasteiger partial charge is 0.0932 e. The zero-order chi connectivity index (χ0) is 21.9. The summed E-state index contributed by atoms with van der Waals surface area (Å²) in [6.45, 7) is 6.15. The third kappa shape index (κ3) is 4.09. The first-order chi connectivity index (χ1) is 15.7. The Labute approximate surface area is 192 Å². The molecule has 0 spiro atoms. The number of nitrogens with one attached hydrogen (secondary N) is 2. The molecule has 4 heterocycles. The molecule has 4 nitrogen and oxygen atoms in total. The van der Waals surface area contributed by atoms with Crippen molar-refractivity contribution >= 4 is 33.4 Å². The van der Waals surface area contributed by atoms with Crippen molar-refractivity contribution in [1.82, 2.24) is 20.3 Å². The topological polar surface area (TPSA) is 53.6 Å². The van der Waals surface area contributed by atoms with E-state index in [4.69, 9.17) is 4.98 Å². The Balaban J connectivity index is 1.49. The van der Waals surface area contributed by atoms with Gasteiger partial charge in [0, 0.05) is 45.6 Å². The van der Waals surface area contributed by atoms with Crippen molar-refractivity contribution in [2.45, 2.75) is 20.3 Å². The molecule has 160 valence electrons. The third-order valence-corrected chi connectivity index (χ3v) is 6.93. The number of nitrogens with zero attached hydrogens (tertiary/aromatic N) is 2. The second-order valence-corrected chi connectivity index (χ2v) is 9.05. The van der Waals surface area contributed by atoms with Gasteiger partial charge in [-0.2, -0.15) is 0 Å². The number of benzene rings is 1. The minimum Gasteiger partial charge on any atom is -0.344 e. The molecule has 0 amide bonds. The highest BCUT2D eigenvalue weighted by Crippen LogP contribution is 2.34. The molecular formula is C27H26N4S. The molecule has 0 bridgehead atoms. The van der Waals surface area contributed by atoms with Crippen molar-refractivity contribution in [1.29, 1.82) is 0 Å². The van der Waals surface area contributed by atoms with E-state index in [0.717, 1.165) is 58.5 Å². The Morgan fingerprint density at radius 2 is 1.97 bits per heavy atom. The van der Waals surface area contributed by atoms with Gasteiger partial charge in [-0.25, -0.2) is 4.98 Å². The fraction of sp³-hybridized carbons (Fsp3) is 0.185. The summed E-state index contributed by atoms with van der Waals surface area (Å²) in [6, 6.07) is 13.1. The maximum atomic E-state index is 4.73. The van der Waals surface area contributed by atoms with Crippen molar-refractivity contribution in [3.05, 3.63) is 83.8 Å². The maximum absolute atomic E-state index is 4.73. The SMILES string of the molecule is CC/C=C\C=C(/C)c1nc[nH]c1-c1ccc2ncc(-c3ccc(C4=CCNC4)s3)cc2c1. The van der Waals surface area contributed by atoms with E-state index in [0.29, 0.717) is 0 Å². The van der Waals surface area contributed by atoms with Gasteiger partial charge in [-0.05, 0) is 54.8 Å². The lowest BCUT2D eigenvalue weighted by atomic mass is 10.0. The van der Waals surface area contributed by atoms with Crippen LogP contribution >= 0.6 is 11.3 Å². The Bertz CT molecular complexity index is 1350. The van der Waals surface area contributed by atoms with Crippen LogP contribution in [0.4, 0.5) is 0 Å². The van der Waals surface area contributed by atoms with Gasteiger partial charge in [-0.3, -0.25) is 4.98 Å².